The van der Waals surface area contributed by atoms with Gasteiger partial charge in [0.05, 0.1) is 16.8 Å². The molecule has 1 aromatic heterocycles. The number of hydrogen-bond donors (Lipinski definition) is 0. The molecule has 0 bridgehead atoms. The van der Waals surface area contributed by atoms with Gasteiger partial charge in [-0.25, -0.2) is 0 Å². The predicted molar refractivity (Wildman–Crippen MR) is 108 cm³/mol. The van der Waals surface area contributed by atoms with Gasteiger partial charge in [-0.1, -0.05) is 21.1 Å². The largest absolute Gasteiger partial charge is 0.351 e. The molecule has 0 aliphatic carbocycles. The Morgan fingerprint density at radius 2 is 1.70 bits per heavy atom. The van der Waals surface area contributed by atoms with E-state index in [-0.39, 0.29) is 42.4 Å². The van der Waals surface area contributed by atoms with Gasteiger partial charge in [-0.15, -0.1) is 0 Å². The van der Waals surface area contributed by atoms with Crippen LogP contribution in [0.3, 0.4) is 0 Å². The molecule has 0 radical (unpaired) electrons. The monoisotopic (exact) mass is 474 g/mol. The molecule has 0 saturated carbocycles. The predicted octanol–water partition coefficient (Wildman–Crippen LogP) is 1.72. The summed E-state index contributed by atoms with van der Waals surface area (Å²) in [5.41, 5.74) is 1.33. The third-order valence-corrected chi connectivity index (χ3v) is 5.73. The molecule has 1 saturated heterocycles. The van der Waals surface area contributed by atoms with E-state index < -0.39 is 0 Å². The summed E-state index contributed by atoms with van der Waals surface area (Å²) in [6.07, 6.45) is 0.0435. The lowest BCUT2D eigenvalue weighted by Crippen LogP contribution is -2.51. The van der Waals surface area contributed by atoms with Crippen LogP contribution in [0.15, 0.2) is 33.3 Å². The highest BCUT2D eigenvalue weighted by Gasteiger charge is 2.36. The molecule has 0 N–H and O–H groups in total. The standard InChI is InChI=1S/C20H19BrN4O5/c1-12-10-16(30-22-12)20(29)24-8-6-23(7-9-24)17(26)4-5-25-18(27)14-3-2-13(21)11-15(14)19(25)28/h2-3,10-11H,4-9H2,1H3. The zero-order chi connectivity index (χ0) is 21.4. The minimum absolute atomic E-state index is 0.0271. The number of aromatic nitrogens is 1. The maximum absolute atomic E-state index is 12.6. The van der Waals surface area contributed by atoms with Crippen LogP contribution in [0.5, 0.6) is 0 Å². The van der Waals surface area contributed by atoms with Crippen LogP contribution in [0, 0.1) is 6.92 Å². The molecular formula is C20H19BrN4O5. The number of aryl methyl sites for hydroxylation is 1. The summed E-state index contributed by atoms with van der Waals surface area (Å²) in [4.78, 5) is 54.3. The molecular weight excluding hydrogens is 456 g/mol. The van der Waals surface area contributed by atoms with Crippen LogP contribution in [-0.4, -0.2) is 76.2 Å². The molecule has 9 nitrogen and oxygen atoms in total. The highest BCUT2D eigenvalue weighted by atomic mass is 79.9. The Balaban J connectivity index is 1.30. The van der Waals surface area contributed by atoms with E-state index in [1.54, 1.807) is 41.0 Å². The lowest BCUT2D eigenvalue weighted by atomic mass is 10.1. The summed E-state index contributed by atoms with van der Waals surface area (Å²) < 4.78 is 5.73. The number of amides is 4. The van der Waals surface area contributed by atoms with Crippen molar-refractivity contribution in [2.45, 2.75) is 13.3 Å². The number of nitrogens with zero attached hydrogens (tertiary/aromatic N) is 4. The van der Waals surface area contributed by atoms with Gasteiger partial charge in [-0.3, -0.25) is 24.1 Å². The molecule has 0 spiro atoms. The van der Waals surface area contributed by atoms with E-state index in [0.717, 1.165) is 4.90 Å². The molecule has 2 aliphatic heterocycles. The molecule has 3 heterocycles. The zero-order valence-electron chi connectivity index (χ0n) is 16.3. The third kappa shape index (κ3) is 3.74. The number of rotatable bonds is 4. The quantitative estimate of drug-likeness (QED) is 0.624. The van der Waals surface area contributed by atoms with Gasteiger partial charge in [0, 0.05) is 49.7 Å². The number of hydrogen-bond acceptors (Lipinski definition) is 6. The van der Waals surface area contributed by atoms with E-state index in [9.17, 15) is 19.2 Å². The molecule has 4 amide bonds. The van der Waals surface area contributed by atoms with E-state index in [4.69, 9.17) is 4.52 Å². The highest BCUT2D eigenvalue weighted by molar-refractivity contribution is 9.10. The fourth-order valence-electron chi connectivity index (χ4n) is 3.61. The Kier molecular flexibility index (Phi) is 5.42. The van der Waals surface area contributed by atoms with Crippen LogP contribution in [-0.2, 0) is 4.79 Å². The van der Waals surface area contributed by atoms with Crippen molar-refractivity contribution >= 4 is 39.6 Å². The van der Waals surface area contributed by atoms with Crippen molar-refractivity contribution in [2.75, 3.05) is 32.7 Å². The summed E-state index contributed by atoms with van der Waals surface area (Å²) in [6.45, 7) is 3.29. The molecule has 1 aromatic carbocycles. The van der Waals surface area contributed by atoms with Crippen LogP contribution in [0.25, 0.3) is 0 Å². The lowest BCUT2D eigenvalue weighted by molar-refractivity contribution is -0.132. The molecule has 1 fully saturated rings. The van der Waals surface area contributed by atoms with E-state index in [0.29, 0.717) is 47.5 Å². The number of benzene rings is 1. The van der Waals surface area contributed by atoms with Crippen molar-refractivity contribution in [3.8, 4) is 0 Å². The smallest absolute Gasteiger partial charge is 0.292 e. The molecule has 2 aromatic rings. The number of halogens is 1. The second-order valence-corrected chi connectivity index (χ2v) is 8.12. The Bertz CT molecular complexity index is 1040. The van der Waals surface area contributed by atoms with Crippen molar-refractivity contribution < 1.29 is 23.7 Å². The van der Waals surface area contributed by atoms with Crippen LogP contribution in [0.1, 0.15) is 43.4 Å². The highest BCUT2D eigenvalue weighted by Crippen LogP contribution is 2.26. The van der Waals surface area contributed by atoms with Crippen molar-refractivity contribution in [3.05, 3.63) is 51.3 Å². The first-order valence-corrected chi connectivity index (χ1v) is 10.3. The van der Waals surface area contributed by atoms with Crippen LogP contribution in [0.4, 0.5) is 0 Å². The van der Waals surface area contributed by atoms with Crippen molar-refractivity contribution in [2.24, 2.45) is 0 Å². The second-order valence-electron chi connectivity index (χ2n) is 7.21. The summed E-state index contributed by atoms with van der Waals surface area (Å²) in [5.74, 6) is -0.991. The number of piperazine rings is 1. The minimum atomic E-state index is -0.387. The van der Waals surface area contributed by atoms with Gasteiger partial charge in [0.15, 0.2) is 0 Å². The summed E-state index contributed by atoms with van der Waals surface area (Å²) in [7, 11) is 0. The number of carbonyl (C=O) groups is 4. The molecule has 2 aliphatic rings. The molecule has 156 valence electrons. The first-order valence-electron chi connectivity index (χ1n) is 9.51. The first-order chi connectivity index (χ1) is 14.3. The molecule has 0 unspecified atom stereocenters. The van der Waals surface area contributed by atoms with Gasteiger partial charge in [0.1, 0.15) is 0 Å². The maximum atomic E-state index is 12.6. The topological polar surface area (TPSA) is 104 Å². The first kappa shape index (κ1) is 20.3. The number of carbonyl (C=O) groups excluding carboxylic acids is 4. The normalized spacial score (nSPS) is 16.3. The average molecular weight is 475 g/mol. The average Bonchev–Trinajstić information content (AvgIpc) is 3.27. The van der Waals surface area contributed by atoms with Gasteiger partial charge in [-0.2, -0.15) is 0 Å². The molecule has 4 rings (SSSR count). The summed E-state index contributed by atoms with van der Waals surface area (Å²) in [6, 6.07) is 6.51. The van der Waals surface area contributed by atoms with Crippen molar-refractivity contribution in [1.29, 1.82) is 0 Å². The van der Waals surface area contributed by atoms with Crippen molar-refractivity contribution in [3.63, 3.8) is 0 Å². The Morgan fingerprint density at radius 1 is 1.03 bits per heavy atom. The molecule has 0 atom stereocenters. The number of fused-ring (bicyclic) bond motifs is 1. The van der Waals surface area contributed by atoms with Gasteiger partial charge in [0.25, 0.3) is 17.7 Å². The van der Waals surface area contributed by atoms with Gasteiger partial charge >= 0.3 is 0 Å². The summed E-state index contributed by atoms with van der Waals surface area (Å²) in [5, 5.41) is 3.72. The maximum Gasteiger partial charge on any atom is 0.292 e. The van der Waals surface area contributed by atoms with E-state index in [1.165, 1.54) is 0 Å². The second kappa shape index (κ2) is 8.02. The Labute approximate surface area is 180 Å². The van der Waals surface area contributed by atoms with Gasteiger partial charge in [0.2, 0.25) is 11.7 Å². The van der Waals surface area contributed by atoms with E-state index in [1.807, 2.05) is 0 Å². The molecule has 30 heavy (non-hydrogen) atoms. The van der Waals surface area contributed by atoms with Crippen LogP contribution < -0.4 is 0 Å². The Morgan fingerprint density at radius 3 is 2.37 bits per heavy atom. The molecule has 10 heteroatoms. The van der Waals surface area contributed by atoms with E-state index >= 15 is 0 Å². The summed E-state index contributed by atoms with van der Waals surface area (Å²) >= 11 is 3.30. The zero-order valence-corrected chi connectivity index (χ0v) is 17.8. The minimum Gasteiger partial charge on any atom is -0.351 e. The SMILES string of the molecule is Cc1cc(C(=O)N2CCN(C(=O)CCN3C(=O)c4ccc(Br)cc4C3=O)CC2)on1. The fraction of sp³-hybridized carbons (Fsp3) is 0.350. The van der Waals surface area contributed by atoms with Crippen LogP contribution >= 0.6 is 15.9 Å². The third-order valence-electron chi connectivity index (χ3n) is 5.24. The number of imide groups is 1. The fourth-order valence-corrected chi connectivity index (χ4v) is 3.97. The van der Waals surface area contributed by atoms with Crippen molar-refractivity contribution in [1.82, 2.24) is 19.9 Å². The van der Waals surface area contributed by atoms with Gasteiger partial charge in [-0.05, 0) is 25.1 Å². The Hall–Kier alpha value is -3.01. The van der Waals surface area contributed by atoms with E-state index in [2.05, 4.69) is 21.1 Å². The van der Waals surface area contributed by atoms with Gasteiger partial charge < -0.3 is 14.3 Å². The lowest BCUT2D eigenvalue weighted by Gasteiger charge is -2.34. The van der Waals surface area contributed by atoms with Crippen LogP contribution in [0.2, 0.25) is 0 Å².